The van der Waals surface area contributed by atoms with Crippen molar-refractivity contribution in [1.29, 1.82) is 0 Å². The summed E-state index contributed by atoms with van der Waals surface area (Å²) in [5.74, 6) is 0.968. The number of aromatic nitrogens is 2. The zero-order chi connectivity index (χ0) is 12.0. The molecule has 0 saturated carbocycles. The molecule has 0 aromatic carbocycles. The molecule has 1 atom stereocenters. The molecule has 3 nitrogen and oxygen atoms in total. The Labute approximate surface area is 97.8 Å². The number of aryl methyl sites for hydroxylation is 1. The second-order valence-electron chi connectivity index (χ2n) is 4.54. The van der Waals surface area contributed by atoms with E-state index in [2.05, 4.69) is 23.1 Å². The minimum atomic E-state index is -0.689. The van der Waals surface area contributed by atoms with E-state index in [1.165, 1.54) is 0 Å². The zero-order valence-corrected chi connectivity index (χ0v) is 10.3. The van der Waals surface area contributed by atoms with Gasteiger partial charge in [0.2, 0.25) is 0 Å². The van der Waals surface area contributed by atoms with Gasteiger partial charge >= 0.3 is 0 Å². The fraction of sp³-hybridized carbons (Fsp3) is 0.615. The first kappa shape index (κ1) is 13.0. The Kier molecular flexibility index (Phi) is 4.74. The van der Waals surface area contributed by atoms with E-state index in [0.717, 1.165) is 31.6 Å². The molecule has 0 spiro atoms. The van der Waals surface area contributed by atoms with E-state index in [1.807, 2.05) is 19.2 Å². The largest absolute Gasteiger partial charge is 0.390 e. The van der Waals surface area contributed by atoms with Gasteiger partial charge in [-0.2, -0.15) is 0 Å². The second-order valence-corrected chi connectivity index (χ2v) is 4.54. The van der Waals surface area contributed by atoms with Gasteiger partial charge < -0.3 is 9.67 Å². The molecule has 0 radical (unpaired) electrons. The number of allylic oxidation sites excluding steroid dienone is 1. The lowest BCUT2D eigenvalue weighted by atomic mass is 9.96. The Morgan fingerprint density at radius 3 is 3.00 bits per heavy atom. The highest BCUT2D eigenvalue weighted by molar-refractivity contribution is 4.98. The Hall–Kier alpha value is -1.09. The van der Waals surface area contributed by atoms with E-state index in [-0.39, 0.29) is 0 Å². The average Bonchev–Trinajstić information content (AvgIpc) is 2.63. The van der Waals surface area contributed by atoms with E-state index < -0.39 is 5.60 Å². The van der Waals surface area contributed by atoms with Gasteiger partial charge in [0.1, 0.15) is 5.82 Å². The molecule has 0 aliphatic rings. The van der Waals surface area contributed by atoms with Crippen LogP contribution in [0.5, 0.6) is 0 Å². The first-order valence-corrected chi connectivity index (χ1v) is 5.92. The van der Waals surface area contributed by atoms with E-state index >= 15 is 0 Å². The Morgan fingerprint density at radius 2 is 2.38 bits per heavy atom. The predicted octanol–water partition coefficient (Wildman–Crippen LogP) is 2.55. The normalized spacial score (nSPS) is 14.7. The van der Waals surface area contributed by atoms with Crippen LogP contribution in [0.4, 0.5) is 0 Å². The summed E-state index contributed by atoms with van der Waals surface area (Å²) in [4.78, 5) is 4.31. The molecule has 0 aliphatic carbocycles. The summed E-state index contributed by atoms with van der Waals surface area (Å²) in [6.45, 7) is 8.64. The number of hydrogen-bond acceptors (Lipinski definition) is 2. The van der Waals surface area contributed by atoms with Gasteiger partial charge in [0.25, 0.3) is 0 Å². The van der Waals surface area contributed by atoms with E-state index in [0.29, 0.717) is 6.42 Å². The Morgan fingerprint density at radius 1 is 1.62 bits per heavy atom. The van der Waals surface area contributed by atoms with Gasteiger partial charge in [0.05, 0.1) is 5.60 Å². The van der Waals surface area contributed by atoms with Gasteiger partial charge in [-0.05, 0) is 26.2 Å². The van der Waals surface area contributed by atoms with Gasteiger partial charge in [0, 0.05) is 25.4 Å². The molecule has 0 fully saturated rings. The molecule has 1 N–H and O–H groups in total. The van der Waals surface area contributed by atoms with Crippen molar-refractivity contribution in [3.8, 4) is 0 Å². The lowest BCUT2D eigenvalue weighted by molar-refractivity contribution is 0.0494. The molecule has 1 rings (SSSR count). The first-order chi connectivity index (χ1) is 7.59. The van der Waals surface area contributed by atoms with Crippen LogP contribution in [-0.4, -0.2) is 20.3 Å². The van der Waals surface area contributed by atoms with Gasteiger partial charge in [-0.15, -0.1) is 6.58 Å². The fourth-order valence-corrected chi connectivity index (χ4v) is 1.79. The summed E-state index contributed by atoms with van der Waals surface area (Å²) >= 11 is 0. The molecule has 0 aliphatic heterocycles. The van der Waals surface area contributed by atoms with Crippen molar-refractivity contribution in [2.45, 2.75) is 51.7 Å². The van der Waals surface area contributed by atoms with Crippen molar-refractivity contribution in [1.82, 2.24) is 9.55 Å². The third kappa shape index (κ3) is 3.81. The predicted molar refractivity (Wildman–Crippen MR) is 66.3 cm³/mol. The molecule has 0 saturated heterocycles. The lowest BCUT2D eigenvalue weighted by Crippen LogP contribution is -2.28. The van der Waals surface area contributed by atoms with Crippen molar-refractivity contribution in [3.05, 3.63) is 30.9 Å². The van der Waals surface area contributed by atoms with Gasteiger partial charge in [-0.25, -0.2) is 4.98 Å². The van der Waals surface area contributed by atoms with Crippen LogP contribution in [0, 0.1) is 0 Å². The van der Waals surface area contributed by atoms with Gasteiger partial charge in [-0.1, -0.05) is 13.0 Å². The summed E-state index contributed by atoms with van der Waals surface area (Å²) in [7, 11) is 0. The van der Waals surface area contributed by atoms with Crippen LogP contribution in [0.25, 0.3) is 0 Å². The highest BCUT2D eigenvalue weighted by atomic mass is 16.3. The third-order valence-corrected chi connectivity index (χ3v) is 2.69. The van der Waals surface area contributed by atoms with Crippen molar-refractivity contribution in [3.63, 3.8) is 0 Å². The summed E-state index contributed by atoms with van der Waals surface area (Å²) < 4.78 is 2.11. The molecule has 90 valence electrons. The highest BCUT2D eigenvalue weighted by Gasteiger charge is 2.22. The number of rotatable bonds is 7. The molecule has 16 heavy (non-hydrogen) atoms. The highest BCUT2D eigenvalue weighted by Crippen LogP contribution is 2.18. The number of nitrogens with zero attached hydrogens (tertiary/aromatic N) is 2. The SMILES string of the molecule is C=CCCC(C)(O)Cc1nccn1CCC. The zero-order valence-electron chi connectivity index (χ0n) is 10.3. The Bertz CT molecular complexity index is 328. The van der Waals surface area contributed by atoms with Crippen LogP contribution < -0.4 is 0 Å². The van der Waals surface area contributed by atoms with E-state index in [4.69, 9.17) is 0 Å². The number of aliphatic hydroxyl groups is 1. The van der Waals surface area contributed by atoms with Crippen molar-refractivity contribution in [2.75, 3.05) is 0 Å². The monoisotopic (exact) mass is 222 g/mol. The maximum atomic E-state index is 10.2. The summed E-state index contributed by atoms with van der Waals surface area (Å²) in [6.07, 6.45) is 8.87. The molecule has 0 amide bonds. The van der Waals surface area contributed by atoms with Crippen LogP contribution >= 0.6 is 0 Å². The van der Waals surface area contributed by atoms with Crippen LogP contribution in [-0.2, 0) is 13.0 Å². The van der Waals surface area contributed by atoms with E-state index in [9.17, 15) is 5.11 Å². The smallest absolute Gasteiger partial charge is 0.111 e. The third-order valence-electron chi connectivity index (χ3n) is 2.69. The minimum Gasteiger partial charge on any atom is -0.390 e. The quantitative estimate of drug-likeness (QED) is 0.720. The number of imidazole rings is 1. The molecule has 1 heterocycles. The molecule has 1 aromatic heterocycles. The lowest BCUT2D eigenvalue weighted by Gasteiger charge is -2.22. The summed E-state index contributed by atoms with van der Waals surface area (Å²) in [5, 5.41) is 10.2. The maximum absolute atomic E-state index is 10.2. The fourth-order valence-electron chi connectivity index (χ4n) is 1.79. The van der Waals surface area contributed by atoms with E-state index in [1.54, 1.807) is 6.20 Å². The summed E-state index contributed by atoms with van der Waals surface area (Å²) in [6, 6.07) is 0. The molecule has 0 bridgehead atoms. The van der Waals surface area contributed by atoms with Crippen molar-refractivity contribution >= 4 is 0 Å². The summed E-state index contributed by atoms with van der Waals surface area (Å²) in [5.41, 5.74) is -0.689. The van der Waals surface area contributed by atoms with Crippen LogP contribution in [0.1, 0.15) is 38.9 Å². The van der Waals surface area contributed by atoms with Crippen LogP contribution in [0.3, 0.4) is 0 Å². The van der Waals surface area contributed by atoms with Crippen molar-refractivity contribution in [2.24, 2.45) is 0 Å². The standard InChI is InChI=1S/C13H22N2O/c1-4-6-7-13(3,16)11-12-14-8-10-15(12)9-5-2/h4,8,10,16H,1,5-7,9,11H2,2-3H3. The molecule has 3 heteroatoms. The molecular formula is C13H22N2O. The number of hydrogen-bond donors (Lipinski definition) is 1. The van der Waals surface area contributed by atoms with Gasteiger partial charge in [0.15, 0.2) is 0 Å². The van der Waals surface area contributed by atoms with Gasteiger partial charge in [-0.3, -0.25) is 0 Å². The minimum absolute atomic E-state index is 0.605. The molecule has 1 aromatic rings. The Balaban J connectivity index is 2.63. The van der Waals surface area contributed by atoms with Crippen molar-refractivity contribution < 1.29 is 5.11 Å². The average molecular weight is 222 g/mol. The van der Waals surface area contributed by atoms with Crippen LogP contribution in [0.15, 0.2) is 25.0 Å². The maximum Gasteiger partial charge on any atom is 0.111 e. The molecule has 1 unspecified atom stereocenters. The first-order valence-electron chi connectivity index (χ1n) is 5.92. The topological polar surface area (TPSA) is 38.1 Å². The van der Waals surface area contributed by atoms with Crippen LogP contribution in [0.2, 0.25) is 0 Å². The second kappa shape index (κ2) is 5.85. The molecular weight excluding hydrogens is 200 g/mol.